The van der Waals surface area contributed by atoms with Gasteiger partial charge in [-0.1, -0.05) is 60.7 Å². The first-order valence-corrected chi connectivity index (χ1v) is 8.59. The lowest BCUT2D eigenvalue weighted by Gasteiger charge is -2.19. The number of ether oxygens (including phenoxy) is 1. The lowest BCUT2D eigenvalue weighted by atomic mass is 10.0. The molecule has 0 aliphatic carbocycles. The lowest BCUT2D eigenvalue weighted by molar-refractivity contribution is -0.150. The number of esters is 1. The van der Waals surface area contributed by atoms with Gasteiger partial charge in [-0.25, -0.2) is 0 Å². The molecule has 0 saturated carbocycles. The summed E-state index contributed by atoms with van der Waals surface area (Å²) in [4.78, 5) is 12.1. The molecule has 2 atom stereocenters. The van der Waals surface area contributed by atoms with Crippen LogP contribution in [0, 0.1) is 0 Å². The molecule has 0 aliphatic heterocycles. The predicted molar refractivity (Wildman–Crippen MR) is 95.7 cm³/mol. The number of aliphatic hydroxyl groups excluding tert-OH is 1. The maximum absolute atomic E-state index is 12.1. The molecule has 0 aromatic heterocycles. The summed E-state index contributed by atoms with van der Waals surface area (Å²) in [5.74, 6) is -0.197. The molecule has 0 heterocycles. The van der Waals surface area contributed by atoms with Gasteiger partial charge < -0.3 is 9.84 Å². The zero-order valence-electron chi connectivity index (χ0n) is 14.2. The summed E-state index contributed by atoms with van der Waals surface area (Å²) in [7, 11) is 0. The van der Waals surface area contributed by atoms with E-state index in [1.54, 1.807) is 6.92 Å². The van der Waals surface area contributed by atoms with E-state index in [0.29, 0.717) is 19.3 Å². The van der Waals surface area contributed by atoms with E-state index in [-0.39, 0.29) is 12.1 Å². The van der Waals surface area contributed by atoms with E-state index < -0.39 is 6.10 Å². The van der Waals surface area contributed by atoms with Gasteiger partial charge in [-0.3, -0.25) is 4.79 Å². The Hall–Kier alpha value is -2.13. The molecule has 0 bridgehead atoms. The maximum Gasteiger partial charge on any atom is 0.306 e. The molecule has 128 valence electrons. The molecule has 3 nitrogen and oxygen atoms in total. The highest BCUT2D eigenvalue weighted by molar-refractivity contribution is 5.69. The van der Waals surface area contributed by atoms with E-state index in [1.807, 2.05) is 48.5 Å². The standard InChI is InChI=1S/C21H26O3/c1-17(22)16-20(14-12-18-8-4-2-5-9-18)24-21(23)15-13-19-10-6-3-7-11-19/h2-11,17,20,22H,12-16H2,1H3/t17-,20-/m1/s1. The fourth-order valence-corrected chi connectivity index (χ4v) is 2.71. The van der Waals surface area contributed by atoms with Crippen LogP contribution in [0.4, 0.5) is 0 Å². The zero-order valence-corrected chi connectivity index (χ0v) is 14.2. The van der Waals surface area contributed by atoms with Crippen molar-refractivity contribution in [2.45, 2.75) is 51.2 Å². The first kappa shape index (κ1) is 18.2. The van der Waals surface area contributed by atoms with E-state index >= 15 is 0 Å². The Labute approximate surface area is 144 Å². The van der Waals surface area contributed by atoms with Crippen molar-refractivity contribution in [2.75, 3.05) is 0 Å². The Balaban J connectivity index is 1.82. The third kappa shape index (κ3) is 6.97. The molecular weight excluding hydrogens is 300 g/mol. The van der Waals surface area contributed by atoms with E-state index in [1.165, 1.54) is 5.56 Å². The van der Waals surface area contributed by atoms with E-state index in [0.717, 1.165) is 18.4 Å². The van der Waals surface area contributed by atoms with Gasteiger partial charge in [0.2, 0.25) is 0 Å². The Morgan fingerprint density at radius 2 is 1.50 bits per heavy atom. The molecule has 0 saturated heterocycles. The van der Waals surface area contributed by atoms with Gasteiger partial charge in [-0.15, -0.1) is 0 Å². The SMILES string of the molecule is C[C@@H](O)C[C@@H](CCc1ccccc1)OC(=O)CCc1ccccc1. The maximum atomic E-state index is 12.1. The monoisotopic (exact) mass is 326 g/mol. The van der Waals surface area contributed by atoms with E-state index in [4.69, 9.17) is 4.74 Å². The molecule has 0 unspecified atom stereocenters. The Morgan fingerprint density at radius 1 is 0.958 bits per heavy atom. The van der Waals surface area contributed by atoms with Gasteiger partial charge in [0.25, 0.3) is 0 Å². The number of benzene rings is 2. The summed E-state index contributed by atoms with van der Waals surface area (Å²) in [6.07, 6.45) is 2.37. The molecule has 24 heavy (non-hydrogen) atoms. The smallest absolute Gasteiger partial charge is 0.306 e. The molecule has 0 aliphatic rings. The van der Waals surface area contributed by atoms with Crippen molar-refractivity contribution in [1.29, 1.82) is 0 Å². The van der Waals surface area contributed by atoms with Crippen LogP contribution in [0.5, 0.6) is 0 Å². The third-order valence-electron chi connectivity index (χ3n) is 3.96. The number of carbonyl (C=O) groups excluding carboxylic acids is 1. The number of aliphatic hydroxyl groups is 1. The minimum Gasteiger partial charge on any atom is -0.462 e. The summed E-state index contributed by atoms with van der Waals surface area (Å²) < 4.78 is 5.61. The highest BCUT2D eigenvalue weighted by Crippen LogP contribution is 2.14. The summed E-state index contributed by atoms with van der Waals surface area (Å²) in [6, 6.07) is 20.0. The Morgan fingerprint density at radius 3 is 2.04 bits per heavy atom. The highest BCUT2D eigenvalue weighted by atomic mass is 16.5. The minimum absolute atomic E-state index is 0.197. The van der Waals surface area contributed by atoms with Gasteiger partial charge in [0.05, 0.1) is 6.10 Å². The van der Waals surface area contributed by atoms with Crippen LogP contribution in [0.1, 0.15) is 37.3 Å². The molecule has 0 fully saturated rings. The van der Waals surface area contributed by atoms with Crippen LogP contribution in [0.2, 0.25) is 0 Å². The van der Waals surface area contributed by atoms with Crippen molar-refractivity contribution in [3.05, 3.63) is 71.8 Å². The number of carbonyl (C=O) groups is 1. The number of hydrogen-bond acceptors (Lipinski definition) is 3. The van der Waals surface area contributed by atoms with Gasteiger partial charge in [0.15, 0.2) is 0 Å². The van der Waals surface area contributed by atoms with E-state index in [9.17, 15) is 9.90 Å². The van der Waals surface area contributed by atoms with E-state index in [2.05, 4.69) is 12.1 Å². The van der Waals surface area contributed by atoms with Crippen LogP contribution >= 0.6 is 0 Å². The van der Waals surface area contributed by atoms with Gasteiger partial charge >= 0.3 is 5.97 Å². The van der Waals surface area contributed by atoms with Gasteiger partial charge in [-0.2, -0.15) is 0 Å². The second-order valence-electron chi connectivity index (χ2n) is 6.21. The van der Waals surface area contributed by atoms with Crippen LogP contribution in [-0.2, 0) is 22.4 Å². The minimum atomic E-state index is -0.479. The van der Waals surface area contributed by atoms with Crippen molar-refractivity contribution in [3.63, 3.8) is 0 Å². The number of rotatable bonds is 9. The molecule has 2 aromatic carbocycles. The van der Waals surface area contributed by atoms with Crippen molar-refractivity contribution in [2.24, 2.45) is 0 Å². The molecule has 2 aromatic rings. The van der Waals surface area contributed by atoms with Crippen LogP contribution in [-0.4, -0.2) is 23.3 Å². The van der Waals surface area contributed by atoms with Crippen molar-refractivity contribution >= 4 is 5.97 Å². The first-order valence-electron chi connectivity index (χ1n) is 8.59. The molecule has 2 rings (SSSR count). The quantitative estimate of drug-likeness (QED) is 0.710. The van der Waals surface area contributed by atoms with Gasteiger partial charge in [-0.05, 0) is 37.3 Å². The zero-order chi connectivity index (χ0) is 17.2. The van der Waals surface area contributed by atoms with Crippen LogP contribution in [0.3, 0.4) is 0 Å². The van der Waals surface area contributed by atoms with Crippen molar-refractivity contribution < 1.29 is 14.6 Å². The first-order chi connectivity index (χ1) is 11.6. The topological polar surface area (TPSA) is 46.5 Å². The van der Waals surface area contributed by atoms with Crippen molar-refractivity contribution in [1.82, 2.24) is 0 Å². The average molecular weight is 326 g/mol. The molecule has 1 N–H and O–H groups in total. The fourth-order valence-electron chi connectivity index (χ4n) is 2.71. The normalized spacial score (nSPS) is 13.2. The van der Waals surface area contributed by atoms with Crippen molar-refractivity contribution in [3.8, 4) is 0 Å². The molecule has 3 heteroatoms. The van der Waals surface area contributed by atoms with Gasteiger partial charge in [0.1, 0.15) is 6.10 Å². The summed E-state index contributed by atoms with van der Waals surface area (Å²) >= 11 is 0. The molecule has 0 radical (unpaired) electrons. The second kappa shape index (κ2) is 9.89. The highest BCUT2D eigenvalue weighted by Gasteiger charge is 2.17. The van der Waals surface area contributed by atoms with Crippen LogP contribution < -0.4 is 0 Å². The largest absolute Gasteiger partial charge is 0.462 e. The fraction of sp³-hybridized carbons (Fsp3) is 0.381. The third-order valence-corrected chi connectivity index (χ3v) is 3.96. The summed E-state index contributed by atoms with van der Waals surface area (Å²) in [5.41, 5.74) is 2.35. The second-order valence-corrected chi connectivity index (χ2v) is 6.21. The van der Waals surface area contributed by atoms with Crippen LogP contribution in [0.15, 0.2) is 60.7 Å². The lowest BCUT2D eigenvalue weighted by Crippen LogP contribution is -2.23. The van der Waals surface area contributed by atoms with Crippen LogP contribution in [0.25, 0.3) is 0 Å². The summed E-state index contributed by atoms with van der Waals surface area (Å²) in [6.45, 7) is 1.73. The Bertz CT molecular complexity index is 593. The average Bonchev–Trinajstić information content (AvgIpc) is 2.59. The molecular formula is C21H26O3. The number of hydrogen-bond donors (Lipinski definition) is 1. The molecule has 0 amide bonds. The molecule has 0 spiro atoms. The van der Waals surface area contributed by atoms with Gasteiger partial charge in [0, 0.05) is 12.8 Å². The Kier molecular flexibility index (Phi) is 7.50. The number of aryl methyl sites for hydroxylation is 2. The summed E-state index contributed by atoms with van der Waals surface area (Å²) in [5, 5.41) is 9.65. The predicted octanol–water partition coefficient (Wildman–Crippen LogP) is 3.93.